The van der Waals surface area contributed by atoms with E-state index in [0.717, 1.165) is 38.8 Å². The average Bonchev–Trinajstić information content (AvgIpc) is 3.56. The van der Waals surface area contributed by atoms with Crippen molar-refractivity contribution in [3.8, 4) is 39.5 Å². The third-order valence-corrected chi connectivity index (χ3v) is 10.8. The summed E-state index contributed by atoms with van der Waals surface area (Å²) in [4.78, 5) is 10.9. The lowest BCUT2D eigenvalue weighted by molar-refractivity contribution is 1.01. The summed E-state index contributed by atoms with van der Waals surface area (Å²) in [5.41, 5.74) is 9.70. The van der Waals surface area contributed by atoms with Crippen molar-refractivity contribution in [3.63, 3.8) is 0 Å². The van der Waals surface area contributed by atoms with Crippen LogP contribution in [0.4, 0.5) is 0 Å². The number of aromatic nitrogens is 3. The first-order valence-corrected chi connectivity index (χ1v) is 18.1. The summed E-state index contributed by atoms with van der Waals surface area (Å²) >= 11 is 0. The lowest BCUT2D eigenvalue weighted by Gasteiger charge is -2.14. The molecule has 246 valence electrons. The van der Waals surface area contributed by atoms with Gasteiger partial charge in [-0.25, -0.2) is 9.97 Å². The first kappa shape index (κ1) is 29.6. The number of fused-ring (bicyclic) bond motifs is 8. The Kier molecular flexibility index (Phi) is 6.55. The van der Waals surface area contributed by atoms with Crippen LogP contribution in [0.5, 0.6) is 0 Å². The fraction of sp³-hybridized carbons (Fsp3) is 0. The Hall–Kier alpha value is -7.10. The Bertz CT molecular complexity index is 3210. The standard InChI is InChI=1S/C50H31N3/c1-2-10-32(11-3-1)34-18-21-36(22-19-34)49-43-29-41(40-23-20-33-12-4-5-14-37(33)28-40)24-26-45(43)51-50(52-49)53-46-27-25-35-13-8-9-17-42(35)48(46)44-30-38-15-6-7-16-39(38)31-47(44)53/h1-31H. The molecule has 0 fully saturated rings. The second-order valence-corrected chi connectivity index (χ2v) is 13.8. The Morgan fingerprint density at radius 2 is 0.906 bits per heavy atom. The van der Waals surface area contributed by atoms with Gasteiger partial charge in [0.05, 0.1) is 22.2 Å². The van der Waals surface area contributed by atoms with E-state index in [-0.39, 0.29) is 0 Å². The summed E-state index contributed by atoms with van der Waals surface area (Å²) in [5.74, 6) is 0.656. The molecule has 0 aliphatic rings. The van der Waals surface area contributed by atoms with Crippen LogP contribution in [0, 0.1) is 0 Å². The Balaban J connectivity index is 1.19. The smallest absolute Gasteiger partial charge is 0.235 e. The highest BCUT2D eigenvalue weighted by molar-refractivity contribution is 6.23. The van der Waals surface area contributed by atoms with Gasteiger partial charge in [0.2, 0.25) is 5.95 Å². The predicted octanol–water partition coefficient (Wildman–Crippen LogP) is 13.2. The zero-order chi connectivity index (χ0) is 34.9. The van der Waals surface area contributed by atoms with Crippen LogP contribution in [0.3, 0.4) is 0 Å². The number of hydrogen-bond donors (Lipinski definition) is 0. The summed E-state index contributed by atoms with van der Waals surface area (Å²) in [6, 6.07) is 67.4. The number of nitrogens with zero attached hydrogens (tertiary/aromatic N) is 3. The van der Waals surface area contributed by atoms with Gasteiger partial charge in [0, 0.05) is 21.7 Å². The van der Waals surface area contributed by atoms with Crippen molar-refractivity contribution in [2.75, 3.05) is 0 Å². The first-order chi connectivity index (χ1) is 26.2. The van der Waals surface area contributed by atoms with Crippen molar-refractivity contribution in [2.45, 2.75) is 0 Å². The molecule has 0 saturated heterocycles. The van der Waals surface area contributed by atoms with Gasteiger partial charge in [0.15, 0.2) is 0 Å². The third kappa shape index (κ3) is 4.82. The highest BCUT2D eigenvalue weighted by Gasteiger charge is 2.20. The molecule has 11 aromatic rings. The lowest BCUT2D eigenvalue weighted by atomic mass is 9.97. The van der Waals surface area contributed by atoms with Crippen LogP contribution in [0.1, 0.15) is 0 Å². The molecule has 9 aromatic carbocycles. The molecule has 0 N–H and O–H groups in total. The van der Waals surface area contributed by atoms with E-state index in [1.165, 1.54) is 59.8 Å². The quantitative estimate of drug-likeness (QED) is 0.186. The van der Waals surface area contributed by atoms with Crippen molar-refractivity contribution < 1.29 is 0 Å². The van der Waals surface area contributed by atoms with Crippen LogP contribution >= 0.6 is 0 Å². The maximum Gasteiger partial charge on any atom is 0.235 e. The van der Waals surface area contributed by atoms with Crippen molar-refractivity contribution in [2.24, 2.45) is 0 Å². The first-order valence-electron chi connectivity index (χ1n) is 18.1. The molecule has 2 aromatic heterocycles. The average molecular weight is 674 g/mol. The maximum atomic E-state index is 5.51. The summed E-state index contributed by atoms with van der Waals surface area (Å²) in [6.45, 7) is 0. The molecule has 11 rings (SSSR count). The molecular formula is C50H31N3. The molecule has 0 spiro atoms. The fourth-order valence-corrected chi connectivity index (χ4v) is 8.12. The Morgan fingerprint density at radius 3 is 1.72 bits per heavy atom. The number of rotatable bonds is 4. The van der Waals surface area contributed by atoms with E-state index in [9.17, 15) is 0 Å². The van der Waals surface area contributed by atoms with Crippen LogP contribution < -0.4 is 0 Å². The zero-order valence-corrected chi connectivity index (χ0v) is 28.7. The minimum absolute atomic E-state index is 0.656. The minimum atomic E-state index is 0.656. The molecule has 3 heteroatoms. The third-order valence-electron chi connectivity index (χ3n) is 10.8. The molecule has 0 atom stereocenters. The highest BCUT2D eigenvalue weighted by atomic mass is 15.2. The molecule has 0 aliphatic carbocycles. The molecule has 0 saturated carbocycles. The molecule has 0 amide bonds. The van der Waals surface area contributed by atoms with E-state index < -0.39 is 0 Å². The van der Waals surface area contributed by atoms with E-state index in [1.807, 2.05) is 0 Å². The SMILES string of the molecule is c1ccc(-c2ccc(-c3nc(-n4c5cc6ccccc6cc5c5c6ccccc6ccc54)nc4ccc(-c5ccc6ccccc6c5)cc34)cc2)cc1. The van der Waals surface area contributed by atoms with Gasteiger partial charge in [0.1, 0.15) is 0 Å². The van der Waals surface area contributed by atoms with Crippen molar-refractivity contribution in [3.05, 3.63) is 188 Å². The zero-order valence-electron chi connectivity index (χ0n) is 28.7. The highest BCUT2D eigenvalue weighted by Crippen LogP contribution is 2.40. The minimum Gasteiger partial charge on any atom is -0.278 e. The van der Waals surface area contributed by atoms with E-state index in [4.69, 9.17) is 9.97 Å². The van der Waals surface area contributed by atoms with E-state index in [1.54, 1.807) is 0 Å². The molecule has 0 radical (unpaired) electrons. The van der Waals surface area contributed by atoms with Gasteiger partial charge in [-0.15, -0.1) is 0 Å². The largest absolute Gasteiger partial charge is 0.278 e. The fourth-order valence-electron chi connectivity index (χ4n) is 8.12. The Labute approximate surface area is 306 Å². The van der Waals surface area contributed by atoms with Crippen LogP contribution in [0.2, 0.25) is 0 Å². The van der Waals surface area contributed by atoms with E-state index in [2.05, 4.69) is 193 Å². The van der Waals surface area contributed by atoms with Gasteiger partial charge in [-0.1, -0.05) is 152 Å². The van der Waals surface area contributed by atoms with Crippen LogP contribution in [0.25, 0.3) is 104 Å². The van der Waals surface area contributed by atoms with Gasteiger partial charge in [-0.05, 0) is 91.0 Å². The molecule has 3 nitrogen and oxygen atoms in total. The predicted molar refractivity (Wildman–Crippen MR) is 223 cm³/mol. The lowest BCUT2D eigenvalue weighted by Crippen LogP contribution is -2.03. The summed E-state index contributed by atoms with van der Waals surface area (Å²) in [5, 5.41) is 10.7. The second-order valence-electron chi connectivity index (χ2n) is 13.8. The molecule has 0 aliphatic heterocycles. The molecule has 0 bridgehead atoms. The second kappa shape index (κ2) is 11.7. The normalized spacial score (nSPS) is 11.8. The molecule has 0 unspecified atom stereocenters. The molecule has 53 heavy (non-hydrogen) atoms. The van der Waals surface area contributed by atoms with E-state index >= 15 is 0 Å². The molecular weight excluding hydrogens is 643 g/mol. The van der Waals surface area contributed by atoms with Crippen LogP contribution in [-0.2, 0) is 0 Å². The number of hydrogen-bond acceptors (Lipinski definition) is 2. The van der Waals surface area contributed by atoms with Gasteiger partial charge in [0.25, 0.3) is 0 Å². The summed E-state index contributed by atoms with van der Waals surface area (Å²) in [7, 11) is 0. The van der Waals surface area contributed by atoms with Crippen molar-refractivity contribution in [1.29, 1.82) is 0 Å². The van der Waals surface area contributed by atoms with Crippen molar-refractivity contribution >= 4 is 65.0 Å². The van der Waals surface area contributed by atoms with Crippen LogP contribution in [-0.4, -0.2) is 14.5 Å². The number of benzene rings is 9. The topological polar surface area (TPSA) is 30.7 Å². The van der Waals surface area contributed by atoms with Gasteiger partial charge < -0.3 is 0 Å². The van der Waals surface area contributed by atoms with Gasteiger partial charge in [-0.2, -0.15) is 0 Å². The maximum absolute atomic E-state index is 5.51. The Morgan fingerprint density at radius 1 is 0.321 bits per heavy atom. The summed E-state index contributed by atoms with van der Waals surface area (Å²) < 4.78 is 2.27. The van der Waals surface area contributed by atoms with Crippen molar-refractivity contribution in [1.82, 2.24) is 14.5 Å². The van der Waals surface area contributed by atoms with E-state index in [0.29, 0.717) is 5.95 Å². The van der Waals surface area contributed by atoms with Gasteiger partial charge >= 0.3 is 0 Å². The van der Waals surface area contributed by atoms with Gasteiger partial charge in [-0.3, -0.25) is 4.57 Å². The van der Waals surface area contributed by atoms with Crippen LogP contribution in [0.15, 0.2) is 188 Å². The summed E-state index contributed by atoms with van der Waals surface area (Å²) in [6.07, 6.45) is 0. The monoisotopic (exact) mass is 673 g/mol. The molecule has 2 heterocycles.